The Morgan fingerprint density at radius 3 is 2.88 bits per heavy atom. The highest BCUT2D eigenvalue weighted by atomic mass is 16.5. The number of nitrogens with one attached hydrogen (secondary N) is 2. The van der Waals surface area contributed by atoms with E-state index in [1.807, 2.05) is 24.3 Å². The molecule has 0 bridgehead atoms. The molecule has 1 saturated heterocycles. The van der Waals surface area contributed by atoms with Crippen LogP contribution in [-0.4, -0.2) is 49.7 Å². The molecule has 1 aromatic carbocycles. The lowest BCUT2D eigenvalue weighted by Crippen LogP contribution is -2.45. The first-order valence-electron chi connectivity index (χ1n) is 8.07. The number of hydrogen-bond acceptors (Lipinski definition) is 5. The SMILES string of the molecule is COC(=O)c1ccc(CN2CCNCC2c2ccccc2OC)[nH]1. The Labute approximate surface area is 141 Å². The second-order valence-corrected chi connectivity index (χ2v) is 5.82. The number of rotatable bonds is 5. The first kappa shape index (κ1) is 16.5. The Hall–Kier alpha value is -2.31. The third kappa shape index (κ3) is 3.44. The molecular weight excluding hydrogens is 306 g/mol. The number of hydrogen-bond donors (Lipinski definition) is 2. The zero-order chi connectivity index (χ0) is 16.9. The molecule has 0 spiro atoms. The molecule has 128 valence electrons. The van der Waals surface area contributed by atoms with E-state index in [0.717, 1.165) is 37.6 Å². The molecule has 2 heterocycles. The smallest absolute Gasteiger partial charge is 0.354 e. The van der Waals surface area contributed by atoms with Crippen molar-refractivity contribution in [3.63, 3.8) is 0 Å². The second-order valence-electron chi connectivity index (χ2n) is 5.82. The minimum atomic E-state index is -0.345. The molecular formula is C18H23N3O3. The van der Waals surface area contributed by atoms with Gasteiger partial charge in [-0.05, 0) is 18.2 Å². The molecule has 0 saturated carbocycles. The molecule has 6 nitrogen and oxygen atoms in total. The average Bonchev–Trinajstić information content (AvgIpc) is 3.10. The number of esters is 1. The van der Waals surface area contributed by atoms with Crippen LogP contribution in [0.25, 0.3) is 0 Å². The van der Waals surface area contributed by atoms with E-state index in [1.54, 1.807) is 13.2 Å². The number of piperazine rings is 1. The zero-order valence-corrected chi connectivity index (χ0v) is 14.0. The molecule has 3 rings (SSSR count). The number of H-pyrrole nitrogens is 1. The van der Waals surface area contributed by atoms with Crippen LogP contribution in [-0.2, 0) is 11.3 Å². The topological polar surface area (TPSA) is 66.6 Å². The molecule has 2 N–H and O–H groups in total. The van der Waals surface area contributed by atoms with Crippen molar-refractivity contribution in [3.05, 3.63) is 53.3 Å². The van der Waals surface area contributed by atoms with Gasteiger partial charge >= 0.3 is 5.97 Å². The summed E-state index contributed by atoms with van der Waals surface area (Å²) in [6.45, 7) is 3.47. The molecule has 1 aliphatic heterocycles. The van der Waals surface area contributed by atoms with Crippen LogP contribution >= 0.6 is 0 Å². The van der Waals surface area contributed by atoms with Gasteiger partial charge in [0.25, 0.3) is 0 Å². The Morgan fingerprint density at radius 1 is 1.25 bits per heavy atom. The summed E-state index contributed by atoms with van der Waals surface area (Å²) >= 11 is 0. The summed E-state index contributed by atoms with van der Waals surface area (Å²) < 4.78 is 10.3. The molecule has 1 aliphatic rings. The van der Waals surface area contributed by atoms with E-state index in [2.05, 4.69) is 21.3 Å². The van der Waals surface area contributed by atoms with Gasteiger partial charge in [-0.2, -0.15) is 0 Å². The van der Waals surface area contributed by atoms with E-state index in [4.69, 9.17) is 9.47 Å². The molecule has 1 aromatic heterocycles. The van der Waals surface area contributed by atoms with Crippen LogP contribution in [0.4, 0.5) is 0 Å². The van der Waals surface area contributed by atoms with Gasteiger partial charge in [-0.3, -0.25) is 4.90 Å². The number of benzene rings is 1. The molecule has 0 amide bonds. The predicted octanol–water partition coefficient (Wildman–Crippen LogP) is 1.96. The molecule has 2 aromatic rings. The number of methoxy groups -OCH3 is 2. The van der Waals surface area contributed by atoms with Crippen LogP contribution in [0.1, 0.15) is 27.8 Å². The molecule has 0 radical (unpaired) electrons. The standard InChI is InChI=1S/C18H23N3O3/c1-23-17-6-4-3-5-14(17)16-11-19-9-10-21(16)12-13-7-8-15(20-13)18(22)24-2/h3-8,16,19-20H,9-12H2,1-2H3. The summed E-state index contributed by atoms with van der Waals surface area (Å²) in [4.78, 5) is 17.1. The summed E-state index contributed by atoms with van der Waals surface area (Å²) in [5, 5.41) is 3.45. The fraction of sp³-hybridized carbons (Fsp3) is 0.389. The number of aromatic nitrogens is 1. The van der Waals surface area contributed by atoms with Crippen molar-refractivity contribution in [2.45, 2.75) is 12.6 Å². The zero-order valence-electron chi connectivity index (χ0n) is 14.0. The van der Waals surface area contributed by atoms with E-state index in [0.29, 0.717) is 5.69 Å². The molecule has 1 fully saturated rings. The fourth-order valence-electron chi connectivity index (χ4n) is 3.16. The maximum Gasteiger partial charge on any atom is 0.354 e. The number of ether oxygens (including phenoxy) is 2. The van der Waals surface area contributed by atoms with Crippen molar-refractivity contribution in [1.82, 2.24) is 15.2 Å². The predicted molar refractivity (Wildman–Crippen MR) is 91.1 cm³/mol. The first-order valence-corrected chi connectivity index (χ1v) is 8.07. The maximum atomic E-state index is 11.6. The van der Waals surface area contributed by atoms with Gasteiger partial charge in [0, 0.05) is 37.4 Å². The number of aromatic amines is 1. The van der Waals surface area contributed by atoms with Crippen molar-refractivity contribution < 1.29 is 14.3 Å². The van der Waals surface area contributed by atoms with Crippen LogP contribution in [0.15, 0.2) is 36.4 Å². The Kier molecular flexibility index (Phi) is 5.17. The summed E-state index contributed by atoms with van der Waals surface area (Å²) in [5.41, 5.74) is 2.65. The molecule has 24 heavy (non-hydrogen) atoms. The van der Waals surface area contributed by atoms with Gasteiger partial charge < -0.3 is 19.8 Å². The van der Waals surface area contributed by atoms with Gasteiger partial charge in [-0.15, -0.1) is 0 Å². The van der Waals surface area contributed by atoms with Crippen molar-refractivity contribution in [2.75, 3.05) is 33.9 Å². The summed E-state index contributed by atoms with van der Waals surface area (Å²) in [5.74, 6) is 0.556. The van der Waals surface area contributed by atoms with Gasteiger partial charge in [-0.1, -0.05) is 18.2 Å². The van der Waals surface area contributed by atoms with E-state index in [-0.39, 0.29) is 12.0 Å². The van der Waals surface area contributed by atoms with Gasteiger partial charge in [0.1, 0.15) is 11.4 Å². The van der Waals surface area contributed by atoms with E-state index < -0.39 is 0 Å². The van der Waals surface area contributed by atoms with Crippen LogP contribution < -0.4 is 10.1 Å². The normalized spacial score (nSPS) is 18.3. The molecule has 6 heteroatoms. The first-order chi connectivity index (χ1) is 11.7. The van der Waals surface area contributed by atoms with Gasteiger partial charge in [0.2, 0.25) is 0 Å². The third-order valence-electron chi connectivity index (χ3n) is 4.38. The lowest BCUT2D eigenvalue weighted by molar-refractivity contribution is 0.0594. The van der Waals surface area contributed by atoms with Crippen molar-refractivity contribution in [2.24, 2.45) is 0 Å². The number of nitrogens with zero attached hydrogens (tertiary/aromatic N) is 1. The minimum Gasteiger partial charge on any atom is -0.496 e. The fourth-order valence-corrected chi connectivity index (χ4v) is 3.16. The molecule has 1 atom stereocenters. The highest BCUT2D eigenvalue weighted by Crippen LogP contribution is 2.31. The van der Waals surface area contributed by atoms with Crippen molar-refractivity contribution >= 4 is 5.97 Å². The van der Waals surface area contributed by atoms with E-state index in [9.17, 15) is 4.79 Å². The van der Waals surface area contributed by atoms with Crippen LogP contribution in [0.5, 0.6) is 5.75 Å². The van der Waals surface area contributed by atoms with Gasteiger partial charge in [0.15, 0.2) is 0 Å². The average molecular weight is 329 g/mol. The number of para-hydroxylation sites is 1. The largest absolute Gasteiger partial charge is 0.496 e. The lowest BCUT2D eigenvalue weighted by atomic mass is 10.0. The van der Waals surface area contributed by atoms with Gasteiger partial charge in [0.05, 0.1) is 20.3 Å². The second kappa shape index (κ2) is 7.51. The van der Waals surface area contributed by atoms with Crippen LogP contribution in [0.3, 0.4) is 0 Å². The monoisotopic (exact) mass is 329 g/mol. The minimum absolute atomic E-state index is 0.222. The lowest BCUT2D eigenvalue weighted by Gasteiger charge is -2.36. The Bertz CT molecular complexity index is 698. The summed E-state index contributed by atoms with van der Waals surface area (Å²) in [6, 6.07) is 12.0. The van der Waals surface area contributed by atoms with Crippen LogP contribution in [0, 0.1) is 0 Å². The Morgan fingerprint density at radius 2 is 2.08 bits per heavy atom. The molecule has 0 aliphatic carbocycles. The van der Waals surface area contributed by atoms with Crippen molar-refractivity contribution in [1.29, 1.82) is 0 Å². The maximum absolute atomic E-state index is 11.6. The Balaban J connectivity index is 1.80. The molecule has 1 unspecified atom stereocenters. The van der Waals surface area contributed by atoms with E-state index >= 15 is 0 Å². The van der Waals surface area contributed by atoms with Gasteiger partial charge in [-0.25, -0.2) is 4.79 Å². The summed E-state index contributed by atoms with van der Waals surface area (Å²) in [6.07, 6.45) is 0. The van der Waals surface area contributed by atoms with Crippen LogP contribution in [0.2, 0.25) is 0 Å². The number of carbonyl (C=O) groups is 1. The third-order valence-corrected chi connectivity index (χ3v) is 4.38. The van der Waals surface area contributed by atoms with Crippen molar-refractivity contribution in [3.8, 4) is 5.75 Å². The number of carbonyl (C=O) groups excluding carboxylic acids is 1. The summed E-state index contributed by atoms with van der Waals surface area (Å²) in [7, 11) is 3.09. The highest BCUT2D eigenvalue weighted by molar-refractivity contribution is 5.87. The van der Waals surface area contributed by atoms with E-state index in [1.165, 1.54) is 12.7 Å². The highest BCUT2D eigenvalue weighted by Gasteiger charge is 2.26. The quantitative estimate of drug-likeness (QED) is 0.821.